The Morgan fingerprint density at radius 1 is 0.896 bits per heavy atom. The average Bonchev–Trinajstić information content (AvgIpc) is 3.53. The van der Waals surface area contributed by atoms with Crippen molar-refractivity contribution in [2.75, 3.05) is 18.8 Å². The molecule has 9 nitrogen and oxygen atoms in total. The Labute approximate surface area is 274 Å². The SMILES string of the molecule is Nc1ccc(C=CC(=O)NCc2cc3cc(-c4ccc(C(=O)N5CCC(F)(F)CC5)cn4)cc(-c4ccc5cnccc5c4)c3o2)cn1. The highest BCUT2D eigenvalue weighted by Crippen LogP contribution is 2.37. The number of nitrogens with zero attached hydrogens (tertiary/aromatic N) is 4. The van der Waals surface area contributed by atoms with Crippen molar-refractivity contribution in [3.05, 3.63) is 114 Å². The number of furan rings is 1. The number of hydrogen-bond acceptors (Lipinski definition) is 7. The molecule has 1 saturated heterocycles. The van der Waals surface area contributed by atoms with Crippen LogP contribution in [-0.2, 0) is 11.3 Å². The van der Waals surface area contributed by atoms with Gasteiger partial charge in [0.15, 0.2) is 0 Å². The number of nitrogens with one attached hydrogen (secondary N) is 1. The zero-order chi connectivity index (χ0) is 33.3. The first-order valence-electron chi connectivity index (χ1n) is 15.4. The first-order valence-corrected chi connectivity index (χ1v) is 15.4. The fourth-order valence-electron chi connectivity index (χ4n) is 5.74. The van der Waals surface area contributed by atoms with Crippen LogP contribution < -0.4 is 11.1 Å². The van der Waals surface area contributed by atoms with Gasteiger partial charge in [0, 0.05) is 78.7 Å². The summed E-state index contributed by atoms with van der Waals surface area (Å²) in [6.45, 7) is 0.178. The lowest BCUT2D eigenvalue weighted by Gasteiger charge is -2.31. The first-order chi connectivity index (χ1) is 23.2. The van der Waals surface area contributed by atoms with E-state index >= 15 is 0 Å². The summed E-state index contributed by atoms with van der Waals surface area (Å²) in [6.07, 6.45) is 9.01. The monoisotopic (exact) mass is 644 g/mol. The summed E-state index contributed by atoms with van der Waals surface area (Å²) in [5.41, 5.74) is 10.5. The molecule has 4 aromatic heterocycles. The number of halogens is 2. The lowest BCUT2D eigenvalue weighted by atomic mass is 9.97. The number of benzene rings is 2. The normalized spacial score (nSPS) is 14.5. The van der Waals surface area contributed by atoms with Crippen LogP contribution in [0.15, 0.2) is 102 Å². The van der Waals surface area contributed by atoms with Crippen molar-refractivity contribution in [1.82, 2.24) is 25.2 Å². The maximum Gasteiger partial charge on any atom is 0.255 e. The lowest BCUT2D eigenvalue weighted by molar-refractivity contribution is -0.116. The van der Waals surface area contributed by atoms with Gasteiger partial charge in [-0.15, -0.1) is 0 Å². The third-order valence-electron chi connectivity index (χ3n) is 8.38. The Hall–Kier alpha value is -5.97. The van der Waals surface area contributed by atoms with Crippen LogP contribution >= 0.6 is 0 Å². The number of carbonyl (C=O) groups is 2. The smallest absolute Gasteiger partial charge is 0.255 e. The van der Waals surface area contributed by atoms with Crippen molar-refractivity contribution in [1.29, 1.82) is 0 Å². The Morgan fingerprint density at radius 2 is 1.73 bits per heavy atom. The molecule has 48 heavy (non-hydrogen) atoms. The van der Waals surface area contributed by atoms with Gasteiger partial charge < -0.3 is 20.4 Å². The summed E-state index contributed by atoms with van der Waals surface area (Å²) in [5, 5.41) is 5.68. The molecule has 1 fully saturated rings. The minimum Gasteiger partial charge on any atom is -0.459 e. The molecule has 0 spiro atoms. The molecule has 0 unspecified atom stereocenters. The highest BCUT2D eigenvalue weighted by Gasteiger charge is 2.35. The number of hydrogen-bond donors (Lipinski definition) is 2. The van der Waals surface area contributed by atoms with Crippen molar-refractivity contribution < 1.29 is 22.8 Å². The van der Waals surface area contributed by atoms with Gasteiger partial charge in [-0.25, -0.2) is 13.8 Å². The van der Waals surface area contributed by atoms with E-state index in [0.29, 0.717) is 28.4 Å². The van der Waals surface area contributed by atoms with Crippen molar-refractivity contribution in [3.63, 3.8) is 0 Å². The number of rotatable bonds is 7. The average molecular weight is 645 g/mol. The number of fused-ring (bicyclic) bond motifs is 2. The number of piperidine rings is 1. The zero-order valence-electron chi connectivity index (χ0n) is 25.7. The maximum absolute atomic E-state index is 13.6. The van der Waals surface area contributed by atoms with Gasteiger partial charge in [-0.05, 0) is 77.2 Å². The lowest BCUT2D eigenvalue weighted by Crippen LogP contribution is -2.42. The van der Waals surface area contributed by atoms with Crippen LogP contribution in [0.2, 0.25) is 0 Å². The fraction of sp³-hybridized carbons (Fsp3) is 0.162. The Bertz CT molecular complexity index is 2170. The molecule has 3 N–H and O–H groups in total. The third kappa shape index (κ3) is 6.61. The molecule has 0 radical (unpaired) electrons. The zero-order valence-corrected chi connectivity index (χ0v) is 25.7. The topological polar surface area (TPSA) is 127 Å². The molecule has 240 valence electrons. The molecule has 1 aliphatic heterocycles. The van der Waals surface area contributed by atoms with Crippen LogP contribution in [0.5, 0.6) is 0 Å². The minimum atomic E-state index is -2.73. The van der Waals surface area contributed by atoms with E-state index < -0.39 is 5.92 Å². The predicted molar refractivity (Wildman–Crippen MR) is 180 cm³/mol. The van der Waals surface area contributed by atoms with Gasteiger partial charge in [-0.1, -0.05) is 12.1 Å². The van der Waals surface area contributed by atoms with E-state index in [9.17, 15) is 18.4 Å². The van der Waals surface area contributed by atoms with Gasteiger partial charge >= 0.3 is 0 Å². The molecule has 11 heteroatoms. The van der Waals surface area contributed by atoms with Gasteiger partial charge in [-0.3, -0.25) is 19.6 Å². The first kappa shape index (κ1) is 30.7. The van der Waals surface area contributed by atoms with Gasteiger partial charge in [-0.2, -0.15) is 0 Å². The molecule has 0 bridgehead atoms. The summed E-state index contributed by atoms with van der Waals surface area (Å²) in [7, 11) is 0. The molecule has 0 aliphatic carbocycles. The van der Waals surface area contributed by atoms with Gasteiger partial charge in [0.25, 0.3) is 11.8 Å². The molecule has 6 aromatic rings. The third-order valence-corrected chi connectivity index (χ3v) is 8.38. The largest absolute Gasteiger partial charge is 0.459 e. The summed E-state index contributed by atoms with van der Waals surface area (Å²) in [6, 6.07) is 20.7. The molecule has 0 atom stereocenters. The number of carbonyl (C=O) groups excluding carboxylic acids is 2. The number of nitrogen functional groups attached to an aromatic ring is 1. The van der Waals surface area contributed by atoms with Crippen LogP contribution in [-0.4, -0.2) is 50.7 Å². The van der Waals surface area contributed by atoms with Crippen LogP contribution in [0.3, 0.4) is 0 Å². The van der Waals surface area contributed by atoms with Crippen LogP contribution in [0, 0.1) is 0 Å². The van der Waals surface area contributed by atoms with E-state index in [1.54, 1.807) is 48.9 Å². The summed E-state index contributed by atoms with van der Waals surface area (Å²) < 4.78 is 33.6. The number of anilines is 1. The molecule has 0 saturated carbocycles. The van der Waals surface area contributed by atoms with Crippen LogP contribution in [0.4, 0.5) is 14.6 Å². The highest BCUT2D eigenvalue weighted by molar-refractivity contribution is 5.99. The van der Waals surface area contributed by atoms with E-state index in [1.165, 1.54) is 17.2 Å². The molecule has 1 aliphatic rings. The molecule has 2 aromatic carbocycles. The van der Waals surface area contributed by atoms with Crippen molar-refractivity contribution in [2.24, 2.45) is 0 Å². The quantitative estimate of drug-likeness (QED) is 0.181. The van der Waals surface area contributed by atoms with Crippen molar-refractivity contribution in [3.8, 4) is 22.4 Å². The van der Waals surface area contributed by atoms with E-state index in [2.05, 4.69) is 26.3 Å². The molecule has 2 amide bonds. The molecular formula is C37H30F2N6O3. The molecular weight excluding hydrogens is 614 g/mol. The fourth-order valence-corrected chi connectivity index (χ4v) is 5.74. The number of aromatic nitrogens is 3. The van der Waals surface area contributed by atoms with E-state index in [0.717, 1.165) is 38.4 Å². The summed E-state index contributed by atoms with van der Waals surface area (Å²) >= 11 is 0. The molecule has 5 heterocycles. The number of likely N-dealkylation sites (tertiary alicyclic amines) is 1. The standard InChI is InChI=1S/C37H30F2N6O3/c38-37(39)10-13-45(14-11-37)36(47)27-5-6-32(42-21-27)28-16-29-17-30(22-44-34(46)8-2-23-1-7-33(40)43-19-23)48-35(29)31(18-28)25-3-4-26-20-41-12-9-24(26)15-25/h1-9,12,15-21H,10-11,13-14,22H2,(H2,40,43)(H,44,46). The Kier molecular flexibility index (Phi) is 8.10. The number of alkyl halides is 2. The van der Waals surface area contributed by atoms with Gasteiger partial charge in [0.2, 0.25) is 5.91 Å². The van der Waals surface area contributed by atoms with Crippen molar-refractivity contribution in [2.45, 2.75) is 25.3 Å². The van der Waals surface area contributed by atoms with E-state index in [-0.39, 0.29) is 44.3 Å². The second kappa shape index (κ2) is 12.7. The van der Waals surface area contributed by atoms with Crippen LogP contribution in [0.1, 0.15) is 34.5 Å². The number of pyridine rings is 3. The Morgan fingerprint density at radius 3 is 2.50 bits per heavy atom. The van der Waals surface area contributed by atoms with Crippen molar-refractivity contribution >= 4 is 45.4 Å². The number of nitrogens with two attached hydrogens (primary N) is 1. The highest BCUT2D eigenvalue weighted by atomic mass is 19.3. The maximum atomic E-state index is 13.6. The second-order valence-electron chi connectivity index (χ2n) is 11.7. The number of amides is 2. The summed E-state index contributed by atoms with van der Waals surface area (Å²) in [4.78, 5) is 39.8. The van der Waals surface area contributed by atoms with Crippen LogP contribution in [0.25, 0.3) is 50.2 Å². The predicted octanol–water partition coefficient (Wildman–Crippen LogP) is 6.89. The van der Waals surface area contributed by atoms with Gasteiger partial charge in [0.05, 0.1) is 17.8 Å². The minimum absolute atomic E-state index is 0.00899. The van der Waals surface area contributed by atoms with E-state index in [1.807, 2.05) is 36.4 Å². The Balaban J connectivity index is 1.18. The second-order valence-corrected chi connectivity index (χ2v) is 11.7. The summed E-state index contributed by atoms with van der Waals surface area (Å²) in [5.74, 6) is -2.38. The van der Waals surface area contributed by atoms with E-state index in [4.69, 9.17) is 10.2 Å². The molecule has 7 rings (SSSR count). The van der Waals surface area contributed by atoms with Gasteiger partial charge in [0.1, 0.15) is 17.2 Å².